The summed E-state index contributed by atoms with van der Waals surface area (Å²) in [5, 5.41) is 0.785. The average molecular weight is 523 g/mol. The number of hydrogen-bond donors (Lipinski definition) is 0. The number of carbonyl (C=O) groups is 1. The van der Waals surface area contributed by atoms with Gasteiger partial charge in [-0.3, -0.25) is 4.90 Å². The predicted octanol–water partition coefficient (Wildman–Crippen LogP) is 6.55. The van der Waals surface area contributed by atoms with Gasteiger partial charge in [0.15, 0.2) is 0 Å². The molecule has 0 radical (unpaired) electrons. The molecule has 1 saturated carbocycles. The minimum atomic E-state index is -0.566. The largest absolute Gasteiger partial charge is 0.355 e. The fraction of sp³-hybridized carbons (Fsp3) is 0.533. The van der Waals surface area contributed by atoms with Crippen LogP contribution in [-0.4, -0.2) is 58.9 Å². The summed E-state index contributed by atoms with van der Waals surface area (Å²) in [5.41, 5.74) is 1.17. The second kappa shape index (κ2) is 10.0. The van der Waals surface area contributed by atoms with Gasteiger partial charge in [-0.15, -0.1) is 0 Å². The summed E-state index contributed by atoms with van der Waals surface area (Å²) in [6, 6.07) is 14.8. The fourth-order valence-corrected chi connectivity index (χ4v) is 7.24. The second-order valence-corrected chi connectivity index (χ2v) is 11.9. The molecule has 1 spiro atoms. The standard InChI is InChI=1S/C30H36ClFN4O/c1-21-19-30(14-16-34(21)20-22-7-4-8-22)28(33-29(37)36(30)26-11-5-10-24(32)18-26)35-15-6-12-25(35)17-23-9-2-3-13-27(23)31/h2-3,5,9-11,13,18,21-22,25H,4,6-8,12,14-17,19-20H2,1H3/t21-,25?,30+/m0/s1. The number of amides is 2. The van der Waals surface area contributed by atoms with Crippen LogP contribution in [0.15, 0.2) is 53.5 Å². The van der Waals surface area contributed by atoms with Gasteiger partial charge in [-0.1, -0.05) is 42.3 Å². The first-order valence-corrected chi connectivity index (χ1v) is 14.3. The van der Waals surface area contributed by atoms with E-state index in [0.717, 1.165) is 74.1 Å². The van der Waals surface area contributed by atoms with Gasteiger partial charge in [0, 0.05) is 42.4 Å². The number of urea groups is 1. The SMILES string of the molecule is C[C@H]1C[C@]2(CCN1CC1CCC1)C(N1CCCC1Cc1ccccc1Cl)=NC(=O)N2c1cccc(F)c1. The Bertz CT molecular complexity index is 1200. The number of likely N-dealkylation sites (tertiary alicyclic amines) is 2. The Balaban J connectivity index is 1.34. The zero-order valence-corrected chi connectivity index (χ0v) is 22.3. The van der Waals surface area contributed by atoms with Crippen molar-refractivity contribution in [1.29, 1.82) is 0 Å². The highest BCUT2D eigenvalue weighted by Crippen LogP contribution is 2.44. The normalized spacial score (nSPS) is 28.7. The molecule has 3 atom stereocenters. The van der Waals surface area contributed by atoms with E-state index in [1.54, 1.807) is 6.07 Å². The summed E-state index contributed by atoms with van der Waals surface area (Å²) in [6.07, 6.45) is 8.53. The Morgan fingerprint density at radius 3 is 2.65 bits per heavy atom. The van der Waals surface area contributed by atoms with Crippen molar-refractivity contribution in [1.82, 2.24) is 9.80 Å². The van der Waals surface area contributed by atoms with Crippen molar-refractivity contribution >= 4 is 29.2 Å². The lowest BCUT2D eigenvalue weighted by Gasteiger charge is -2.51. The third-order valence-corrected chi connectivity index (χ3v) is 9.52. The molecule has 37 heavy (non-hydrogen) atoms. The van der Waals surface area contributed by atoms with Crippen LogP contribution in [0.3, 0.4) is 0 Å². The van der Waals surface area contributed by atoms with Gasteiger partial charge in [-0.2, -0.15) is 4.99 Å². The van der Waals surface area contributed by atoms with Gasteiger partial charge in [-0.05, 0) is 87.6 Å². The Labute approximate surface area is 224 Å². The molecular weight excluding hydrogens is 487 g/mol. The van der Waals surface area contributed by atoms with E-state index in [2.05, 4.69) is 22.8 Å². The first kappa shape index (κ1) is 24.9. The smallest absolute Gasteiger partial charge is 0.350 e. The lowest BCUT2D eigenvalue weighted by molar-refractivity contribution is 0.0875. The molecule has 2 saturated heterocycles. The van der Waals surface area contributed by atoms with E-state index < -0.39 is 5.54 Å². The van der Waals surface area contributed by atoms with E-state index in [9.17, 15) is 9.18 Å². The van der Waals surface area contributed by atoms with Crippen LogP contribution in [0.2, 0.25) is 5.02 Å². The number of aliphatic imine (C=N–C) groups is 1. The molecule has 4 aliphatic rings. The van der Waals surface area contributed by atoms with Crippen LogP contribution in [-0.2, 0) is 6.42 Å². The zero-order valence-electron chi connectivity index (χ0n) is 21.6. The Morgan fingerprint density at radius 1 is 1.08 bits per heavy atom. The lowest BCUT2D eigenvalue weighted by Crippen LogP contribution is -2.64. The zero-order chi connectivity index (χ0) is 25.6. The van der Waals surface area contributed by atoms with Crippen molar-refractivity contribution in [3.05, 3.63) is 64.9 Å². The van der Waals surface area contributed by atoms with E-state index in [-0.39, 0.29) is 17.9 Å². The third kappa shape index (κ3) is 4.57. The predicted molar refractivity (Wildman–Crippen MR) is 147 cm³/mol. The average Bonchev–Trinajstić information content (AvgIpc) is 3.40. The van der Waals surface area contributed by atoms with E-state index in [0.29, 0.717) is 11.7 Å². The second-order valence-electron chi connectivity index (χ2n) is 11.4. The minimum absolute atomic E-state index is 0.235. The van der Waals surface area contributed by atoms with Crippen molar-refractivity contribution < 1.29 is 9.18 Å². The number of piperidine rings is 1. The number of rotatable bonds is 5. The molecule has 1 aliphatic carbocycles. The molecular formula is C30H36ClFN4O. The van der Waals surface area contributed by atoms with Gasteiger partial charge < -0.3 is 9.80 Å². The van der Waals surface area contributed by atoms with Crippen molar-refractivity contribution in [3.63, 3.8) is 0 Å². The fourth-order valence-electron chi connectivity index (χ4n) is 7.03. The van der Waals surface area contributed by atoms with Gasteiger partial charge in [-0.25, -0.2) is 9.18 Å². The van der Waals surface area contributed by atoms with E-state index in [1.807, 2.05) is 29.2 Å². The molecule has 3 fully saturated rings. The highest BCUT2D eigenvalue weighted by Gasteiger charge is 2.56. The van der Waals surface area contributed by atoms with E-state index in [1.165, 1.54) is 31.4 Å². The molecule has 2 aromatic carbocycles. The maximum Gasteiger partial charge on any atom is 0.350 e. The molecule has 0 aromatic heterocycles. The summed E-state index contributed by atoms with van der Waals surface area (Å²) < 4.78 is 14.4. The topological polar surface area (TPSA) is 39.1 Å². The van der Waals surface area contributed by atoms with Crippen molar-refractivity contribution in [2.45, 2.75) is 75.9 Å². The molecule has 2 amide bonds. The number of hydrogen-bond acceptors (Lipinski definition) is 3. The molecule has 0 N–H and O–H groups in total. The highest BCUT2D eigenvalue weighted by atomic mass is 35.5. The van der Waals surface area contributed by atoms with Gasteiger partial charge in [0.1, 0.15) is 17.2 Å². The molecule has 3 aliphatic heterocycles. The Morgan fingerprint density at radius 2 is 1.92 bits per heavy atom. The van der Waals surface area contributed by atoms with Gasteiger partial charge >= 0.3 is 6.03 Å². The Kier molecular flexibility index (Phi) is 6.74. The molecule has 2 aromatic rings. The summed E-state index contributed by atoms with van der Waals surface area (Å²) in [6.45, 7) is 5.21. The molecule has 196 valence electrons. The van der Waals surface area contributed by atoms with Crippen LogP contribution in [0.1, 0.15) is 57.4 Å². The quantitative estimate of drug-likeness (QED) is 0.447. The Hall–Kier alpha value is -2.44. The van der Waals surface area contributed by atoms with Gasteiger partial charge in [0.2, 0.25) is 0 Å². The van der Waals surface area contributed by atoms with Crippen LogP contribution in [0.4, 0.5) is 14.9 Å². The van der Waals surface area contributed by atoms with Gasteiger partial charge in [0.25, 0.3) is 0 Å². The van der Waals surface area contributed by atoms with Crippen molar-refractivity contribution in [2.24, 2.45) is 10.9 Å². The van der Waals surface area contributed by atoms with Crippen LogP contribution in [0.5, 0.6) is 0 Å². The number of nitrogens with zero attached hydrogens (tertiary/aromatic N) is 4. The summed E-state index contributed by atoms with van der Waals surface area (Å²) in [4.78, 5) is 25.2. The molecule has 3 heterocycles. The number of halogens is 2. The number of benzene rings is 2. The minimum Gasteiger partial charge on any atom is -0.355 e. The first-order chi connectivity index (χ1) is 17.9. The highest BCUT2D eigenvalue weighted by molar-refractivity contribution is 6.31. The monoisotopic (exact) mass is 522 g/mol. The number of amidine groups is 1. The van der Waals surface area contributed by atoms with Crippen LogP contribution >= 0.6 is 11.6 Å². The third-order valence-electron chi connectivity index (χ3n) is 9.15. The number of anilines is 1. The first-order valence-electron chi connectivity index (χ1n) is 13.9. The summed E-state index contributed by atoms with van der Waals surface area (Å²) >= 11 is 6.53. The summed E-state index contributed by atoms with van der Waals surface area (Å²) in [7, 11) is 0. The van der Waals surface area contributed by atoms with Crippen LogP contribution in [0.25, 0.3) is 0 Å². The summed E-state index contributed by atoms with van der Waals surface area (Å²) in [5.74, 6) is 1.35. The van der Waals surface area contributed by atoms with Gasteiger partial charge in [0.05, 0.1) is 0 Å². The maximum absolute atomic E-state index is 14.4. The molecule has 0 bridgehead atoms. The van der Waals surface area contributed by atoms with Crippen LogP contribution in [0, 0.1) is 11.7 Å². The molecule has 5 nitrogen and oxygen atoms in total. The van der Waals surface area contributed by atoms with Crippen LogP contribution < -0.4 is 4.90 Å². The van der Waals surface area contributed by atoms with Crippen molar-refractivity contribution in [3.8, 4) is 0 Å². The molecule has 7 heteroatoms. The number of carbonyl (C=O) groups excluding carboxylic acids is 1. The molecule has 1 unspecified atom stereocenters. The van der Waals surface area contributed by atoms with E-state index in [4.69, 9.17) is 16.6 Å². The molecule has 6 rings (SSSR count). The van der Waals surface area contributed by atoms with Crippen molar-refractivity contribution in [2.75, 3.05) is 24.5 Å². The van der Waals surface area contributed by atoms with E-state index >= 15 is 0 Å². The maximum atomic E-state index is 14.4. The lowest BCUT2D eigenvalue weighted by atomic mass is 9.78.